The van der Waals surface area contributed by atoms with Gasteiger partial charge in [0.15, 0.2) is 0 Å². The summed E-state index contributed by atoms with van der Waals surface area (Å²) in [6, 6.07) is -0.0762. The average molecular weight is 346 g/mol. The molecule has 6 unspecified atom stereocenters. The van der Waals surface area contributed by atoms with Gasteiger partial charge in [-0.15, -0.1) is 0 Å². The zero-order chi connectivity index (χ0) is 17.9. The highest BCUT2D eigenvalue weighted by atomic mass is 16.2. The number of carbonyl (C=O) groups excluding carboxylic acids is 4. The number of nitrogens with zero attached hydrogens (tertiary/aromatic N) is 1. The quantitative estimate of drug-likeness (QED) is 0.768. The highest BCUT2D eigenvalue weighted by Crippen LogP contribution is 2.48. The molecule has 0 aromatic rings. The fourth-order valence-corrected chi connectivity index (χ4v) is 5.72. The maximum Gasteiger partial charge on any atom is 0.233 e. The lowest BCUT2D eigenvalue weighted by Crippen LogP contribution is -2.37. The van der Waals surface area contributed by atoms with E-state index >= 15 is 0 Å². The summed E-state index contributed by atoms with van der Waals surface area (Å²) in [5.74, 6) is -0.102. The van der Waals surface area contributed by atoms with Crippen LogP contribution in [-0.4, -0.2) is 34.6 Å². The van der Waals surface area contributed by atoms with Crippen molar-refractivity contribution in [3.63, 3.8) is 0 Å². The Morgan fingerprint density at radius 1 is 0.760 bits per heavy atom. The molecule has 0 radical (unpaired) electrons. The van der Waals surface area contributed by atoms with Gasteiger partial charge in [0.2, 0.25) is 23.6 Å². The van der Waals surface area contributed by atoms with Crippen LogP contribution in [0.1, 0.15) is 52.4 Å². The Kier molecular flexibility index (Phi) is 3.96. The van der Waals surface area contributed by atoms with E-state index in [1.807, 2.05) is 13.8 Å². The van der Waals surface area contributed by atoms with Crippen molar-refractivity contribution < 1.29 is 19.2 Å². The third kappa shape index (κ3) is 2.52. The summed E-state index contributed by atoms with van der Waals surface area (Å²) in [6.07, 6.45) is 4.95. The van der Waals surface area contributed by atoms with Crippen LogP contribution in [0.15, 0.2) is 0 Å². The van der Waals surface area contributed by atoms with Crippen molar-refractivity contribution in [2.75, 3.05) is 0 Å². The lowest BCUT2D eigenvalue weighted by molar-refractivity contribution is -0.142. The molecule has 2 aliphatic heterocycles. The highest BCUT2D eigenvalue weighted by molar-refractivity contribution is 6.06. The van der Waals surface area contributed by atoms with Crippen LogP contribution in [0.2, 0.25) is 0 Å². The fraction of sp³-hybridized carbons (Fsp3) is 0.789. The van der Waals surface area contributed by atoms with E-state index in [1.165, 1.54) is 4.90 Å². The van der Waals surface area contributed by atoms with Gasteiger partial charge in [-0.05, 0) is 64.2 Å². The molecule has 4 amide bonds. The Balaban J connectivity index is 1.46. The number of rotatable bonds is 2. The lowest BCUT2D eigenvalue weighted by Gasteiger charge is -2.38. The number of carbonyl (C=O) groups is 4. The maximum absolute atomic E-state index is 12.7. The third-order valence-corrected chi connectivity index (χ3v) is 6.99. The molecule has 6 heteroatoms. The predicted octanol–water partition coefficient (Wildman–Crippen LogP) is 1.48. The lowest BCUT2D eigenvalue weighted by atomic mass is 9.64. The van der Waals surface area contributed by atoms with Crippen LogP contribution >= 0.6 is 0 Å². The van der Waals surface area contributed by atoms with Crippen LogP contribution < -0.4 is 5.32 Å². The van der Waals surface area contributed by atoms with Gasteiger partial charge < -0.3 is 0 Å². The SMILES string of the molecule is CC(C)N1C(=O)C2CCC(C3CCC4C(=O)NC(=O)C4C3)CC2C1=O. The number of imide groups is 2. The molecular formula is C19H26N2O4. The Bertz CT molecular complexity index is 643. The van der Waals surface area contributed by atoms with Crippen LogP contribution in [0.3, 0.4) is 0 Å². The number of fused-ring (bicyclic) bond motifs is 2. The molecule has 25 heavy (non-hydrogen) atoms. The molecule has 4 aliphatic rings. The summed E-state index contributed by atoms with van der Waals surface area (Å²) in [4.78, 5) is 50.5. The Labute approximate surface area is 147 Å². The van der Waals surface area contributed by atoms with Gasteiger partial charge >= 0.3 is 0 Å². The van der Waals surface area contributed by atoms with Gasteiger partial charge in [0.25, 0.3) is 0 Å². The van der Waals surface area contributed by atoms with E-state index in [1.54, 1.807) is 0 Å². The summed E-state index contributed by atoms with van der Waals surface area (Å²) in [6.45, 7) is 3.78. The van der Waals surface area contributed by atoms with Crippen molar-refractivity contribution in [3.8, 4) is 0 Å². The second-order valence-corrected chi connectivity index (χ2v) is 8.57. The van der Waals surface area contributed by atoms with Gasteiger partial charge in [0.1, 0.15) is 0 Å². The molecule has 6 atom stereocenters. The van der Waals surface area contributed by atoms with Gasteiger partial charge in [0, 0.05) is 12.0 Å². The van der Waals surface area contributed by atoms with Gasteiger partial charge in [0.05, 0.1) is 17.8 Å². The molecule has 0 aromatic carbocycles. The first-order valence-electron chi connectivity index (χ1n) is 9.60. The Morgan fingerprint density at radius 3 is 1.92 bits per heavy atom. The summed E-state index contributed by atoms with van der Waals surface area (Å²) in [7, 11) is 0. The van der Waals surface area contributed by atoms with Gasteiger partial charge in [-0.3, -0.25) is 29.4 Å². The summed E-state index contributed by atoms with van der Waals surface area (Å²) in [5.41, 5.74) is 0. The van der Waals surface area contributed by atoms with Crippen molar-refractivity contribution in [2.24, 2.45) is 35.5 Å². The number of hydrogen-bond donors (Lipinski definition) is 1. The molecule has 6 nitrogen and oxygen atoms in total. The molecule has 1 N–H and O–H groups in total. The van der Waals surface area contributed by atoms with Crippen LogP contribution in [0, 0.1) is 35.5 Å². The molecule has 2 saturated heterocycles. The Hall–Kier alpha value is -1.72. The zero-order valence-electron chi connectivity index (χ0n) is 14.9. The molecule has 2 aliphatic carbocycles. The van der Waals surface area contributed by atoms with E-state index in [-0.39, 0.29) is 53.3 Å². The van der Waals surface area contributed by atoms with Crippen LogP contribution in [0.25, 0.3) is 0 Å². The van der Waals surface area contributed by atoms with E-state index in [0.717, 1.165) is 38.5 Å². The Morgan fingerprint density at radius 2 is 1.28 bits per heavy atom. The second kappa shape index (κ2) is 5.92. The first kappa shape index (κ1) is 16.7. The average Bonchev–Trinajstić information content (AvgIpc) is 3.01. The van der Waals surface area contributed by atoms with Crippen molar-refractivity contribution in [1.82, 2.24) is 10.2 Å². The topological polar surface area (TPSA) is 83.6 Å². The van der Waals surface area contributed by atoms with Crippen molar-refractivity contribution >= 4 is 23.6 Å². The molecule has 4 rings (SSSR count). The standard InChI is InChI=1S/C19H26N2O4/c1-9(2)21-18(24)13-6-4-11(8-15(13)19(21)25)10-3-5-12-14(7-10)17(23)20-16(12)22/h9-15H,3-8H2,1-2H3,(H,20,22,23). The van der Waals surface area contributed by atoms with Gasteiger partial charge in [-0.25, -0.2) is 0 Å². The third-order valence-electron chi connectivity index (χ3n) is 6.99. The first-order valence-corrected chi connectivity index (χ1v) is 9.60. The van der Waals surface area contributed by atoms with Crippen molar-refractivity contribution in [3.05, 3.63) is 0 Å². The summed E-state index contributed by atoms with van der Waals surface area (Å²) < 4.78 is 0. The van der Waals surface area contributed by atoms with E-state index in [4.69, 9.17) is 0 Å². The molecule has 0 bridgehead atoms. The largest absolute Gasteiger partial charge is 0.296 e. The monoisotopic (exact) mass is 346 g/mol. The summed E-state index contributed by atoms with van der Waals surface area (Å²) in [5, 5.41) is 2.47. The molecular weight excluding hydrogens is 320 g/mol. The number of nitrogens with one attached hydrogen (secondary N) is 1. The normalized spacial score (nSPS) is 41.2. The molecule has 136 valence electrons. The number of hydrogen-bond acceptors (Lipinski definition) is 4. The highest BCUT2D eigenvalue weighted by Gasteiger charge is 2.53. The van der Waals surface area contributed by atoms with Crippen LogP contribution in [0.5, 0.6) is 0 Å². The first-order chi connectivity index (χ1) is 11.9. The van der Waals surface area contributed by atoms with Crippen LogP contribution in [0.4, 0.5) is 0 Å². The molecule has 2 saturated carbocycles. The molecule has 2 heterocycles. The van der Waals surface area contributed by atoms with E-state index in [2.05, 4.69) is 5.32 Å². The second-order valence-electron chi connectivity index (χ2n) is 8.57. The number of amides is 4. The van der Waals surface area contributed by atoms with Crippen molar-refractivity contribution in [2.45, 2.75) is 58.4 Å². The van der Waals surface area contributed by atoms with Gasteiger partial charge in [-0.1, -0.05) is 0 Å². The predicted molar refractivity (Wildman–Crippen MR) is 88.8 cm³/mol. The van der Waals surface area contributed by atoms with Crippen LogP contribution in [-0.2, 0) is 19.2 Å². The fourth-order valence-electron chi connectivity index (χ4n) is 5.72. The summed E-state index contributed by atoms with van der Waals surface area (Å²) >= 11 is 0. The van der Waals surface area contributed by atoms with E-state index < -0.39 is 0 Å². The maximum atomic E-state index is 12.7. The molecule has 0 aromatic heterocycles. The number of likely N-dealkylation sites (tertiary alicyclic amines) is 1. The smallest absolute Gasteiger partial charge is 0.233 e. The van der Waals surface area contributed by atoms with E-state index in [9.17, 15) is 19.2 Å². The minimum Gasteiger partial charge on any atom is -0.296 e. The zero-order valence-corrected chi connectivity index (χ0v) is 14.9. The van der Waals surface area contributed by atoms with E-state index in [0.29, 0.717) is 11.8 Å². The van der Waals surface area contributed by atoms with Gasteiger partial charge in [-0.2, -0.15) is 0 Å². The minimum absolute atomic E-state index is 0.00262. The molecule has 0 spiro atoms. The minimum atomic E-state index is -0.183. The molecule has 4 fully saturated rings. The van der Waals surface area contributed by atoms with Crippen molar-refractivity contribution in [1.29, 1.82) is 0 Å².